The summed E-state index contributed by atoms with van der Waals surface area (Å²) in [4.78, 5) is 37.8. The Bertz CT molecular complexity index is 857. The van der Waals surface area contributed by atoms with Crippen molar-refractivity contribution in [3.63, 3.8) is 0 Å². The summed E-state index contributed by atoms with van der Waals surface area (Å²) in [5, 5.41) is 0. The maximum Gasteiger partial charge on any atom is 0.306 e. The van der Waals surface area contributed by atoms with E-state index in [0.29, 0.717) is 19.3 Å². The Morgan fingerprint density at radius 3 is 0.860 bits per heavy atom. The third-order valence-corrected chi connectivity index (χ3v) is 11.5. The van der Waals surface area contributed by atoms with Crippen LogP contribution >= 0.6 is 0 Å². The van der Waals surface area contributed by atoms with Crippen molar-refractivity contribution in [1.29, 1.82) is 0 Å². The van der Waals surface area contributed by atoms with Crippen LogP contribution in [0.2, 0.25) is 0 Å². The van der Waals surface area contributed by atoms with Gasteiger partial charge in [0, 0.05) is 19.3 Å². The quantitative estimate of drug-likeness (QED) is 0.0346. The van der Waals surface area contributed by atoms with Gasteiger partial charge in [0.05, 0.1) is 0 Å². The molecule has 0 rings (SSSR count). The first-order chi connectivity index (χ1) is 27.9. The number of carbonyl (C=O) groups excluding carboxylic acids is 3. The minimum absolute atomic E-state index is 0.0629. The maximum absolute atomic E-state index is 12.8. The number of carbonyl (C=O) groups is 3. The van der Waals surface area contributed by atoms with Crippen molar-refractivity contribution in [2.45, 2.75) is 291 Å². The summed E-state index contributed by atoms with van der Waals surface area (Å²) >= 11 is 0. The molecule has 0 unspecified atom stereocenters. The zero-order valence-electron chi connectivity index (χ0n) is 38.8. The third-order valence-electron chi connectivity index (χ3n) is 11.5. The largest absolute Gasteiger partial charge is 0.462 e. The average molecular weight is 807 g/mol. The minimum atomic E-state index is -0.759. The van der Waals surface area contributed by atoms with Crippen LogP contribution in [-0.2, 0) is 28.6 Å². The Labute approximate surface area is 355 Å². The second-order valence-electron chi connectivity index (χ2n) is 17.9. The molecule has 0 amide bonds. The lowest BCUT2D eigenvalue weighted by Gasteiger charge is -2.18. The van der Waals surface area contributed by atoms with Gasteiger partial charge in [0.2, 0.25) is 0 Å². The molecule has 0 radical (unpaired) electrons. The summed E-state index contributed by atoms with van der Waals surface area (Å²) in [5.41, 5.74) is 0. The molecule has 0 heterocycles. The summed E-state index contributed by atoms with van der Waals surface area (Å²) in [5.74, 6) is -0.00803. The highest BCUT2D eigenvalue weighted by atomic mass is 16.6. The van der Waals surface area contributed by atoms with Gasteiger partial charge >= 0.3 is 17.9 Å². The van der Waals surface area contributed by atoms with E-state index < -0.39 is 6.10 Å². The van der Waals surface area contributed by atoms with E-state index in [1.807, 2.05) is 0 Å². The first-order valence-electron chi connectivity index (χ1n) is 25.4. The van der Waals surface area contributed by atoms with E-state index in [1.54, 1.807) is 0 Å². The van der Waals surface area contributed by atoms with E-state index in [1.165, 1.54) is 180 Å². The van der Waals surface area contributed by atoms with Crippen LogP contribution in [-0.4, -0.2) is 37.2 Å². The van der Waals surface area contributed by atoms with Gasteiger partial charge in [0.25, 0.3) is 0 Å². The van der Waals surface area contributed by atoms with E-state index in [4.69, 9.17) is 14.2 Å². The molecular formula is C51H98O6. The van der Waals surface area contributed by atoms with Crippen LogP contribution in [0.1, 0.15) is 285 Å². The number of hydrogen-bond donors (Lipinski definition) is 0. The van der Waals surface area contributed by atoms with Gasteiger partial charge in [-0.25, -0.2) is 0 Å². The van der Waals surface area contributed by atoms with Crippen molar-refractivity contribution in [3.8, 4) is 0 Å². The molecule has 0 spiro atoms. The lowest BCUT2D eigenvalue weighted by atomic mass is 10.0. The van der Waals surface area contributed by atoms with Crippen molar-refractivity contribution >= 4 is 17.9 Å². The normalized spacial score (nSPS) is 11.9. The monoisotopic (exact) mass is 807 g/mol. The van der Waals surface area contributed by atoms with Gasteiger partial charge in [0.15, 0.2) is 6.10 Å². The Balaban J connectivity index is 4.26. The molecule has 0 aromatic heterocycles. The highest BCUT2D eigenvalue weighted by Crippen LogP contribution is 2.17. The van der Waals surface area contributed by atoms with Crippen LogP contribution in [0.25, 0.3) is 0 Å². The van der Waals surface area contributed by atoms with Crippen molar-refractivity contribution in [2.24, 2.45) is 5.92 Å². The first-order valence-corrected chi connectivity index (χ1v) is 25.4. The minimum Gasteiger partial charge on any atom is -0.462 e. The Morgan fingerprint density at radius 1 is 0.333 bits per heavy atom. The highest BCUT2D eigenvalue weighted by Gasteiger charge is 2.19. The van der Waals surface area contributed by atoms with Crippen molar-refractivity contribution in [3.05, 3.63) is 0 Å². The number of rotatable bonds is 46. The lowest BCUT2D eigenvalue weighted by Crippen LogP contribution is -2.30. The maximum atomic E-state index is 12.8. The lowest BCUT2D eigenvalue weighted by molar-refractivity contribution is -0.167. The fourth-order valence-electron chi connectivity index (χ4n) is 7.69. The van der Waals surface area contributed by atoms with Gasteiger partial charge in [-0.3, -0.25) is 14.4 Å². The molecule has 0 aromatic rings. The van der Waals surface area contributed by atoms with Crippen LogP contribution in [0, 0.1) is 5.92 Å². The summed E-state index contributed by atoms with van der Waals surface area (Å²) in [7, 11) is 0. The van der Waals surface area contributed by atoms with E-state index in [9.17, 15) is 14.4 Å². The molecule has 0 aliphatic heterocycles. The molecule has 0 aliphatic rings. The summed E-state index contributed by atoms with van der Waals surface area (Å²) in [6, 6.07) is 0. The molecule has 0 aliphatic carbocycles. The smallest absolute Gasteiger partial charge is 0.306 e. The molecule has 0 saturated carbocycles. The number of unbranched alkanes of at least 4 members (excludes halogenated alkanes) is 33. The summed E-state index contributed by atoms with van der Waals surface area (Å²) < 4.78 is 16.8. The third kappa shape index (κ3) is 45.3. The van der Waals surface area contributed by atoms with E-state index in [2.05, 4.69) is 27.7 Å². The first kappa shape index (κ1) is 55.4. The number of hydrogen-bond acceptors (Lipinski definition) is 6. The predicted octanol–water partition coefficient (Wildman–Crippen LogP) is 16.3. The average Bonchev–Trinajstić information content (AvgIpc) is 3.19. The van der Waals surface area contributed by atoms with Gasteiger partial charge in [-0.05, 0) is 25.2 Å². The molecule has 57 heavy (non-hydrogen) atoms. The fourth-order valence-corrected chi connectivity index (χ4v) is 7.69. The molecule has 0 N–H and O–H groups in total. The Hall–Kier alpha value is -1.59. The standard InChI is InChI=1S/C51H98O6/c1-5-7-9-11-13-15-16-17-20-24-28-32-36-40-44-51(54)57-48(45-55-49(52)42-38-34-30-25-14-12-10-8-6-2)46-56-50(53)43-39-35-31-27-23-21-18-19-22-26-29-33-37-41-47(3)4/h47-48H,5-46H2,1-4H3/t48-/m0/s1. The van der Waals surface area contributed by atoms with Crippen LogP contribution < -0.4 is 0 Å². The summed E-state index contributed by atoms with van der Waals surface area (Å²) in [6.07, 6.45) is 46.6. The molecule has 0 saturated heterocycles. The highest BCUT2D eigenvalue weighted by molar-refractivity contribution is 5.71. The van der Waals surface area contributed by atoms with Crippen molar-refractivity contribution in [1.82, 2.24) is 0 Å². The molecule has 0 aromatic carbocycles. The predicted molar refractivity (Wildman–Crippen MR) is 243 cm³/mol. The molecule has 1 atom stereocenters. The van der Waals surface area contributed by atoms with Crippen LogP contribution in [0.5, 0.6) is 0 Å². The van der Waals surface area contributed by atoms with Gasteiger partial charge in [0.1, 0.15) is 13.2 Å². The zero-order valence-corrected chi connectivity index (χ0v) is 38.8. The molecule has 6 heteroatoms. The number of ether oxygens (including phenoxy) is 3. The van der Waals surface area contributed by atoms with Crippen LogP contribution in [0.15, 0.2) is 0 Å². The molecule has 338 valence electrons. The van der Waals surface area contributed by atoms with Gasteiger partial charge in [-0.2, -0.15) is 0 Å². The summed E-state index contributed by atoms with van der Waals surface area (Å²) in [6.45, 7) is 9.01. The molecule has 6 nitrogen and oxygen atoms in total. The zero-order chi connectivity index (χ0) is 41.7. The molecule has 0 fully saturated rings. The topological polar surface area (TPSA) is 78.9 Å². The Morgan fingerprint density at radius 2 is 0.579 bits per heavy atom. The Kier molecular flexibility index (Phi) is 44.2. The van der Waals surface area contributed by atoms with Gasteiger partial charge in [-0.1, -0.05) is 246 Å². The van der Waals surface area contributed by atoms with Crippen LogP contribution in [0.4, 0.5) is 0 Å². The van der Waals surface area contributed by atoms with Crippen LogP contribution in [0.3, 0.4) is 0 Å². The van der Waals surface area contributed by atoms with E-state index in [0.717, 1.165) is 63.7 Å². The fraction of sp³-hybridized carbons (Fsp3) is 0.941. The second kappa shape index (κ2) is 45.5. The second-order valence-corrected chi connectivity index (χ2v) is 17.9. The van der Waals surface area contributed by atoms with Crippen molar-refractivity contribution < 1.29 is 28.6 Å². The van der Waals surface area contributed by atoms with Crippen molar-refractivity contribution in [2.75, 3.05) is 13.2 Å². The van der Waals surface area contributed by atoms with Gasteiger partial charge < -0.3 is 14.2 Å². The van der Waals surface area contributed by atoms with E-state index in [-0.39, 0.29) is 31.1 Å². The molecule has 0 bridgehead atoms. The SMILES string of the molecule is CCCCCCCCCCCCCCCCC(=O)O[C@@H](COC(=O)CCCCCCCCCCC)COC(=O)CCCCCCCCCCCCCCCC(C)C. The molecular weight excluding hydrogens is 709 g/mol. The van der Waals surface area contributed by atoms with E-state index >= 15 is 0 Å². The number of esters is 3. The van der Waals surface area contributed by atoms with Gasteiger partial charge in [-0.15, -0.1) is 0 Å².